The first-order valence-electron chi connectivity index (χ1n) is 17.8. The van der Waals surface area contributed by atoms with Gasteiger partial charge in [0.15, 0.2) is 17.5 Å². The average Bonchev–Trinajstić information content (AvgIpc) is 3.24. The molecule has 0 unspecified atom stereocenters. The lowest BCUT2D eigenvalue weighted by Crippen LogP contribution is -2.00. The molecule has 8 aromatic carbocycles. The summed E-state index contributed by atoms with van der Waals surface area (Å²) in [6.07, 6.45) is 0. The van der Waals surface area contributed by atoms with E-state index < -0.39 is 0 Å². The van der Waals surface area contributed by atoms with Crippen molar-refractivity contribution in [3.63, 3.8) is 0 Å². The van der Waals surface area contributed by atoms with E-state index in [1.165, 1.54) is 21.9 Å². The summed E-state index contributed by atoms with van der Waals surface area (Å²) in [5.74, 6) is 3.71. The zero-order valence-electron chi connectivity index (χ0n) is 28.6. The van der Waals surface area contributed by atoms with E-state index in [4.69, 9.17) is 19.7 Å². The Morgan fingerprint density at radius 3 is 1.25 bits per heavy atom. The fraction of sp³-hybridized carbons (Fsp3) is 0. The predicted molar refractivity (Wildman–Crippen MR) is 215 cm³/mol. The second-order valence-electron chi connectivity index (χ2n) is 13.2. The van der Waals surface area contributed by atoms with E-state index in [2.05, 4.69) is 152 Å². The van der Waals surface area contributed by atoms with Crippen molar-refractivity contribution >= 4 is 10.8 Å². The second-order valence-corrected chi connectivity index (χ2v) is 13.2. The SMILES string of the molecule is c1ccc(-c2ccc(-c3nc(-c4ccccc4)nc(-c4ccc(-c5ccc(-c6cccc7c6Oc6cccc8cccc-7c68)cc5)cc4)n3)cc2)cc1. The third kappa shape index (κ3) is 5.63. The van der Waals surface area contributed by atoms with E-state index in [0.29, 0.717) is 17.5 Å². The second kappa shape index (κ2) is 12.9. The Morgan fingerprint density at radius 2 is 0.679 bits per heavy atom. The summed E-state index contributed by atoms with van der Waals surface area (Å²) in [7, 11) is 0. The van der Waals surface area contributed by atoms with Gasteiger partial charge in [0.05, 0.1) is 0 Å². The summed E-state index contributed by atoms with van der Waals surface area (Å²) in [6, 6.07) is 65.1. The van der Waals surface area contributed by atoms with Gasteiger partial charge in [0.2, 0.25) is 0 Å². The Hall–Kier alpha value is -7.17. The molecule has 10 rings (SSSR count). The number of nitrogens with zero attached hydrogens (tertiary/aromatic N) is 3. The Labute approximate surface area is 307 Å². The van der Waals surface area contributed by atoms with Crippen molar-refractivity contribution in [1.29, 1.82) is 0 Å². The normalized spacial score (nSPS) is 11.5. The monoisotopic (exact) mass is 677 g/mol. The van der Waals surface area contributed by atoms with Crippen LogP contribution >= 0.6 is 0 Å². The molecule has 9 aromatic rings. The van der Waals surface area contributed by atoms with Crippen molar-refractivity contribution < 1.29 is 4.74 Å². The van der Waals surface area contributed by atoms with Crippen molar-refractivity contribution in [3.8, 4) is 90.2 Å². The number of benzene rings is 8. The van der Waals surface area contributed by atoms with E-state index in [-0.39, 0.29) is 0 Å². The number of fused-ring (bicyclic) bond motifs is 2. The number of para-hydroxylation sites is 1. The highest BCUT2D eigenvalue weighted by atomic mass is 16.5. The third-order valence-corrected chi connectivity index (χ3v) is 9.97. The Kier molecular flexibility index (Phi) is 7.43. The van der Waals surface area contributed by atoms with Gasteiger partial charge in [0, 0.05) is 33.2 Å². The summed E-state index contributed by atoms with van der Waals surface area (Å²) in [5, 5.41) is 2.36. The van der Waals surface area contributed by atoms with Gasteiger partial charge in [0.1, 0.15) is 11.5 Å². The molecule has 1 aliphatic heterocycles. The molecule has 4 heteroatoms. The van der Waals surface area contributed by atoms with Crippen LogP contribution in [0.4, 0.5) is 0 Å². The van der Waals surface area contributed by atoms with E-state index in [9.17, 15) is 0 Å². The highest BCUT2D eigenvalue weighted by Gasteiger charge is 2.22. The molecule has 4 nitrogen and oxygen atoms in total. The van der Waals surface area contributed by atoms with Gasteiger partial charge in [-0.1, -0.05) is 182 Å². The molecule has 0 amide bonds. The lowest BCUT2D eigenvalue weighted by molar-refractivity contribution is 0.489. The maximum absolute atomic E-state index is 6.59. The topological polar surface area (TPSA) is 47.9 Å². The Balaban J connectivity index is 0.959. The van der Waals surface area contributed by atoms with Gasteiger partial charge in [-0.15, -0.1) is 0 Å². The molecule has 248 valence electrons. The van der Waals surface area contributed by atoms with Crippen molar-refractivity contribution in [2.45, 2.75) is 0 Å². The van der Waals surface area contributed by atoms with Gasteiger partial charge >= 0.3 is 0 Å². The average molecular weight is 678 g/mol. The lowest BCUT2D eigenvalue weighted by Gasteiger charge is -2.23. The van der Waals surface area contributed by atoms with Crippen LogP contribution in [-0.2, 0) is 0 Å². The molecule has 53 heavy (non-hydrogen) atoms. The molecule has 2 heterocycles. The van der Waals surface area contributed by atoms with Gasteiger partial charge in [-0.2, -0.15) is 0 Å². The molecular weight excluding hydrogens is 647 g/mol. The third-order valence-electron chi connectivity index (χ3n) is 9.97. The van der Waals surface area contributed by atoms with E-state index in [1.807, 2.05) is 36.4 Å². The highest BCUT2D eigenvalue weighted by molar-refractivity contribution is 6.05. The molecular formula is C49H31N3O. The molecule has 1 aromatic heterocycles. The van der Waals surface area contributed by atoms with Crippen LogP contribution in [0.25, 0.3) is 89.4 Å². The van der Waals surface area contributed by atoms with Crippen molar-refractivity contribution in [2.75, 3.05) is 0 Å². The molecule has 0 atom stereocenters. The maximum atomic E-state index is 6.59. The summed E-state index contributed by atoms with van der Waals surface area (Å²) in [4.78, 5) is 14.8. The number of rotatable bonds is 6. The van der Waals surface area contributed by atoms with Crippen molar-refractivity contribution in [2.24, 2.45) is 0 Å². The number of ether oxygens (including phenoxy) is 1. The van der Waals surface area contributed by atoms with Gasteiger partial charge in [-0.3, -0.25) is 0 Å². The van der Waals surface area contributed by atoms with Crippen LogP contribution in [0.3, 0.4) is 0 Å². The standard InChI is InChI=1S/C49H31N3O/c1-3-10-32(11-4-1)33-22-28-39(29-23-33)48-50-47(38-12-5-2-6-13-38)51-49(52-48)40-30-24-35(25-31-40)34-20-26-36(27-21-34)41-16-9-18-43-42-17-7-14-37-15-8-19-44(45(37)42)53-46(41)43/h1-31H. The zero-order valence-corrected chi connectivity index (χ0v) is 28.6. The number of hydrogen-bond donors (Lipinski definition) is 0. The van der Waals surface area contributed by atoms with Crippen LogP contribution in [0.2, 0.25) is 0 Å². The van der Waals surface area contributed by atoms with Crippen LogP contribution in [-0.4, -0.2) is 15.0 Å². The minimum Gasteiger partial charge on any atom is -0.455 e. The van der Waals surface area contributed by atoms with Crippen molar-refractivity contribution in [3.05, 3.63) is 188 Å². The molecule has 0 radical (unpaired) electrons. The van der Waals surface area contributed by atoms with Crippen LogP contribution in [0.1, 0.15) is 0 Å². The lowest BCUT2D eigenvalue weighted by atomic mass is 9.91. The summed E-state index contributed by atoms with van der Waals surface area (Å²) in [5.41, 5.74) is 11.9. The Bertz CT molecular complexity index is 2760. The smallest absolute Gasteiger partial charge is 0.164 e. The molecule has 0 bridgehead atoms. The first kappa shape index (κ1) is 30.6. The van der Waals surface area contributed by atoms with Crippen LogP contribution in [0, 0.1) is 0 Å². The first-order chi connectivity index (χ1) is 26.2. The summed E-state index contributed by atoms with van der Waals surface area (Å²) < 4.78 is 6.59. The molecule has 0 N–H and O–H groups in total. The van der Waals surface area contributed by atoms with E-state index >= 15 is 0 Å². The zero-order chi connectivity index (χ0) is 35.1. The molecule has 0 aliphatic carbocycles. The molecule has 0 fully saturated rings. The minimum atomic E-state index is 0.633. The van der Waals surface area contributed by atoms with Crippen LogP contribution in [0.15, 0.2) is 188 Å². The molecule has 0 saturated heterocycles. The van der Waals surface area contributed by atoms with Gasteiger partial charge in [-0.05, 0) is 44.8 Å². The van der Waals surface area contributed by atoms with Crippen molar-refractivity contribution in [1.82, 2.24) is 15.0 Å². The van der Waals surface area contributed by atoms with Gasteiger partial charge < -0.3 is 4.74 Å². The maximum Gasteiger partial charge on any atom is 0.164 e. The first-order valence-corrected chi connectivity index (χ1v) is 17.8. The van der Waals surface area contributed by atoms with Crippen LogP contribution in [0.5, 0.6) is 11.5 Å². The Morgan fingerprint density at radius 1 is 0.283 bits per heavy atom. The van der Waals surface area contributed by atoms with E-state index in [1.54, 1.807) is 0 Å². The number of aromatic nitrogens is 3. The van der Waals surface area contributed by atoms with Crippen LogP contribution < -0.4 is 4.74 Å². The molecule has 1 aliphatic rings. The van der Waals surface area contributed by atoms with Gasteiger partial charge in [0.25, 0.3) is 0 Å². The minimum absolute atomic E-state index is 0.633. The fourth-order valence-electron chi connectivity index (χ4n) is 7.26. The number of hydrogen-bond acceptors (Lipinski definition) is 4. The highest BCUT2D eigenvalue weighted by Crippen LogP contribution is 2.50. The largest absolute Gasteiger partial charge is 0.455 e. The molecule has 0 spiro atoms. The quantitative estimate of drug-likeness (QED) is 0.176. The summed E-state index contributed by atoms with van der Waals surface area (Å²) in [6.45, 7) is 0. The summed E-state index contributed by atoms with van der Waals surface area (Å²) >= 11 is 0. The fourth-order valence-corrected chi connectivity index (χ4v) is 7.26. The molecule has 0 saturated carbocycles. The van der Waals surface area contributed by atoms with Gasteiger partial charge in [-0.25, -0.2) is 15.0 Å². The van der Waals surface area contributed by atoms with E-state index in [0.717, 1.165) is 61.6 Å². The predicted octanol–water partition coefficient (Wildman–Crippen LogP) is 12.8.